The molecule has 3 N–H and O–H groups in total. The zero-order chi connectivity index (χ0) is 10.7. The molecule has 1 aromatic carbocycles. The SMILES string of the molecule is CC(O)[C@@H](N)c1cc(Cl)cc(C#N)c1. The van der Waals surface area contributed by atoms with Crippen LogP contribution in [0.1, 0.15) is 24.1 Å². The van der Waals surface area contributed by atoms with Crippen molar-refractivity contribution in [1.29, 1.82) is 5.26 Å². The minimum absolute atomic E-state index is 0.448. The Morgan fingerprint density at radius 3 is 2.64 bits per heavy atom. The number of hydrogen-bond donors (Lipinski definition) is 2. The van der Waals surface area contributed by atoms with Gasteiger partial charge in [-0.15, -0.1) is 0 Å². The third-order valence-corrected chi connectivity index (χ3v) is 2.17. The van der Waals surface area contributed by atoms with Crippen LogP contribution in [0.5, 0.6) is 0 Å². The lowest BCUT2D eigenvalue weighted by molar-refractivity contribution is 0.164. The van der Waals surface area contributed by atoms with Gasteiger partial charge in [0.05, 0.1) is 23.8 Å². The van der Waals surface area contributed by atoms with E-state index >= 15 is 0 Å². The van der Waals surface area contributed by atoms with Gasteiger partial charge in [0, 0.05) is 5.02 Å². The summed E-state index contributed by atoms with van der Waals surface area (Å²) in [5.41, 5.74) is 6.83. The number of halogens is 1. The van der Waals surface area contributed by atoms with Crippen LogP contribution in [0.3, 0.4) is 0 Å². The lowest BCUT2D eigenvalue weighted by Gasteiger charge is -2.15. The average molecular weight is 211 g/mol. The summed E-state index contributed by atoms with van der Waals surface area (Å²) in [5.74, 6) is 0. The van der Waals surface area contributed by atoms with Gasteiger partial charge in [0.15, 0.2) is 0 Å². The minimum atomic E-state index is -0.667. The Labute approximate surface area is 87.7 Å². The zero-order valence-corrected chi connectivity index (χ0v) is 8.49. The number of benzene rings is 1. The Hall–Kier alpha value is -1.08. The van der Waals surface area contributed by atoms with Gasteiger partial charge < -0.3 is 10.8 Å². The van der Waals surface area contributed by atoms with E-state index in [4.69, 9.17) is 22.6 Å². The lowest BCUT2D eigenvalue weighted by atomic mass is 10.0. The number of aliphatic hydroxyl groups is 1. The molecule has 0 aliphatic rings. The second-order valence-electron chi connectivity index (χ2n) is 3.15. The van der Waals surface area contributed by atoms with Crippen LogP contribution in [0.2, 0.25) is 5.02 Å². The molecular formula is C10H11ClN2O. The van der Waals surface area contributed by atoms with Gasteiger partial charge in [-0.05, 0) is 30.7 Å². The quantitative estimate of drug-likeness (QED) is 0.779. The molecule has 0 bridgehead atoms. The molecule has 14 heavy (non-hydrogen) atoms. The van der Waals surface area contributed by atoms with Gasteiger partial charge in [0.25, 0.3) is 0 Å². The molecule has 0 radical (unpaired) electrons. The van der Waals surface area contributed by atoms with Crippen LogP contribution >= 0.6 is 11.6 Å². The van der Waals surface area contributed by atoms with Crippen molar-refractivity contribution in [2.75, 3.05) is 0 Å². The number of nitrogens with two attached hydrogens (primary N) is 1. The van der Waals surface area contributed by atoms with E-state index in [0.29, 0.717) is 16.1 Å². The van der Waals surface area contributed by atoms with E-state index in [1.807, 2.05) is 6.07 Å². The molecule has 0 aromatic heterocycles. The molecule has 1 rings (SSSR count). The standard InChI is InChI=1S/C10H11ClN2O/c1-6(14)10(13)8-2-7(5-12)3-9(11)4-8/h2-4,6,10,14H,13H2,1H3/t6?,10-/m1/s1. The fourth-order valence-electron chi connectivity index (χ4n) is 1.15. The third-order valence-electron chi connectivity index (χ3n) is 1.95. The predicted octanol–water partition coefficient (Wildman–Crippen LogP) is 1.59. The summed E-state index contributed by atoms with van der Waals surface area (Å²) in [6, 6.07) is 6.30. The fraction of sp³-hybridized carbons (Fsp3) is 0.300. The Kier molecular flexibility index (Phi) is 3.48. The Balaban J connectivity index is 3.10. The van der Waals surface area contributed by atoms with E-state index in [9.17, 15) is 5.11 Å². The Morgan fingerprint density at radius 2 is 2.14 bits per heavy atom. The highest BCUT2D eigenvalue weighted by molar-refractivity contribution is 6.30. The topological polar surface area (TPSA) is 70.0 Å². The first-order valence-electron chi connectivity index (χ1n) is 4.19. The fourth-order valence-corrected chi connectivity index (χ4v) is 1.39. The molecule has 0 fully saturated rings. The highest BCUT2D eigenvalue weighted by Gasteiger charge is 2.13. The first kappa shape index (κ1) is 11.0. The molecule has 1 unspecified atom stereocenters. The summed E-state index contributed by atoms with van der Waals surface area (Å²) in [5, 5.41) is 18.4. The molecule has 0 heterocycles. The van der Waals surface area contributed by atoms with Crippen molar-refractivity contribution >= 4 is 11.6 Å². The second kappa shape index (κ2) is 4.43. The summed E-state index contributed by atoms with van der Waals surface area (Å²) in [4.78, 5) is 0. The monoisotopic (exact) mass is 210 g/mol. The first-order valence-corrected chi connectivity index (χ1v) is 4.56. The van der Waals surface area contributed by atoms with Crippen LogP contribution in [0.15, 0.2) is 18.2 Å². The molecule has 0 saturated heterocycles. The van der Waals surface area contributed by atoms with Gasteiger partial charge in [0.2, 0.25) is 0 Å². The number of nitriles is 1. The molecule has 74 valence electrons. The van der Waals surface area contributed by atoms with Crippen LogP contribution in [0, 0.1) is 11.3 Å². The number of aliphatic hydroxyl groups excluding tert-OH is 1. The van der Waals surface area contributed by atoms with E-state index in [1.165, 1.54) is 0 Å². The summed E-state index contributed by atoms with van der Waals surface area (Å²) >= 11 is 5.79. The van der Waals surface area contributed by atoms with Crippen molar-refractivity contribution in [2.24, 2.45) is 5.73 Å². The summed E-state index contributed by atoms with van der Waals surface area (Å²) < 4.78 is 0. The molecule has 0 saturated carbocycles. The van der Waals surface area contributed by atoms with Crippen molar-refractivity contribution < 1.29 is 5.11 Å². The van der Waals surface area contributed by atoms with Crippen LogP contribution in [0.25, 0.3) is 0 Å². The van der Waals surface area contributed by atoms with E-state index in [1.54, 1.807) is 25.1 Å². The maximum atomic E-state index is 9.28. The lowest BCUT2D eigenvalue weighted by Crippen LogP contribution is -2.23. The highest BCUT2D eigenvalue weighted by atomic mass is 35.5. The Bertz CT molecular complexity index is 371. The van der Waals surface area contributed by atoms with Crippen LogP contribution in [-0.4, -0.2) is 11.2 Å². The highest BCUT2D eigenvalue weighted by Crippen LogP contribution is 2.20. The summed E-state index contributed by atoms with van der Waals surface area (Å²) in [6.07, 6.45) is -0.667. The maximum Gasteiger partial charge on any atom is 0.0992 e. The third kappa shape index (κ3) is 2.46. The first-order chi connectivity index (χ1) is 6.54. The predicted molar refractivity (Wildman–Crippen MR) is 54.8 cm³/mol. The van der Waals surface area contributed by atoms with Gasteiger partial charge in [-0.2, -0.15) is 5.26 Å². The minimum Gasteiger partial charge on any atom is -0.391 e. The summed E-state index contributed by atoms with van der Waals surface area (Å²) in [6.45, 7) is 1.59. The van der Waals surface area contributed by atoms with Gasteiger partial charge in [0.1, 0.15) is 0 Å². The van der Waals surface area contributed by atoms with Crippen LogP contribution in [-0.2, 0) is 0 Å². The van der Waals surface area contributed by atoms with Crippen molar-refractivity contribution in [3.05, 3.63) is 34.3 Å². The van der Waals surface area contributed by atoms with E-state index in [0.717, 1.165) is 0 Å². The molecule has 0 spiro atoms. The van der Waals surface area contributed by atoms with Crippen molar-refractivity contribution in [3.8, 4) is 6.07 Å². The van der Waals surface area contributed by atoms with E-state index in [2.05, 4.69) is 0 Å². The maximum absolute atomic E-state index is 9.28. The van der Waals surface area contributed by atoms with Gasteiger partial charge in [-0.25, -0.2) is 0 Å². The molecule has 0 aliphatic carbocycles. The zero-order valence-electron chi connectivity index (χ0n) is 7.74. The van der Waals surface area contributed by atoms with E-state index in [-0.39, 0.29) is 0 Å². The largest absolute Gasteiger partial charge is 0.391 e. The Morgan fingerprint density at radius 1 is 1.50 bits per heavy atom. The smallest absolute Gasteiger partial charge is 0.0992 e. The van der Waals surface area contributed by atoms with Crippen molar-refractivity contribution in [3.63, 3.8) is 0 Å². The molecule has 4 heteroatoms. The number of nitrogens with zero attached hydrogens (tertiary/aromatic N) is 1. The second-order valence-corrected chi connectivity index (χ2v) is 3.59. The average Bonchev–Trinajstić information content (AvgIpc) is 2.15. The molecule has 2 atom stereocenters. The van der Waals surface area contributed by atoms with Gasteiger partial charge in [-0.1, -0.05) is 11.6 Å². The van der Waals surface area contributed by atoms with Crippen LogP contribution in [0.4, 0.5) is 0 Å². The van der Waals surface area contributed by atoms with Gasteiger partial charge >= 0.3 is 0 Å². The van der Waals surface area contributed by atoms with E-state index < -0.39 is 12.1 Å². The molecule has 0 amide bonds. The molecule has 3 nitrogen and oxygen atoms in total. The number of rotatable bonds is 2. The van der Waals surface area contributed by atoms with Crippen molar-refractivity contribution in [1.82, 2.24) is 0 Å². The molecule has 1 aromatic rings. The normalized spacial score (nSPS) is 14.5. The van der Waals surface area contributed by atoms with Gasteiger partial charge in [-0.3, -0.25) is 0 Å². The molecule has 0 aliphatic heterocycles. The number of hydrogen-bond acceptors (Lipinski definition) is 3. The molecular weight excluding hydrogens is 200 g/mol. The van der Waals surface area contributed by atoms with Crippen molar-refractivity contribution in [2.45, 2.75) is 19.1 Å². The summed E-state index contributed by atoms with van der Waals surface area (Å²) in [7, 11) is 0. The van der Waals surface area contributed by atoms with Crippen LogP contribution < -0.4 is 5.73 Å².